The Balaban J connectivity index is 1.61. The maximum absolute atomic E-state index is 10.5. The smallest absolute Gasteiger partial charge is 0.181 e. The van der Waals surface area contributed by atoms with Crippen LogP contribution in [-0.2, 0) is 0 Å². The summed E-state index contributed by atoms with van der Waals surface area (Å²) < 4.78 is 356. The first-order chi connectivity index (χ1) is 44.1. The standard InChI is InChI=1S/C54H38N2Si/c1-5-19-39(20-6-1)40-21-17-22-41(37-40)56-52-36-35-42(55-50-32-15-13-29-46(50)47-30-14-16-33-51(47)55)38-49(52)48-31-18-34-53(54(48)56)57(43-23-7-2-8-24-43,44-25-9-3-10-26-44)45-27-11-4-12-28-45/h1-38H/i1D,2D,3D,4D,5D,6D,7D,8D,9D,10D,11D,12D,13D,14D,15D,16D,17D,18D,19D,20D,21D,22D,23D,24D,25D,26D,27D,28D,29D,30D,31D,32D,33D,34D,35D,36D,37D,38D. The van der Waals surface area contributed by atoms with Gasteiger partial charge in [-0.1, -0.05) is 187 Å². The molecule has 11 aromatic rings. The van der Waals surface area contributed by atoms with Gasteiger partial charge >= 0.3 is 0 Å². The van der Waals surface area contributed by atoms with Gasteiger partial charge in [0.15, 0.2) is 8.07 Å². The fourth-order valence-electron chi connectivity index (χ4n) is 6.91. The van der Waals surface area contributed by atoms with Crippen LogP contribution in [0.4, 0.5) is 0 Å². The van der Waals surface area contributed by atoms with E-state index >= 15 is 0 Å². The molecular weight excluding hydrogens is 705 g/mol. The Morgan fingerprint density at radius 1 is 0.316 bits per heavy atom. The molecule has 0 amide bonds. The van der Waals surface area contributed by atoms with E-state index in [0.717, 1.165) is 0 Å². The summed E-state index contributed by atoms with van der Waals surface area (Å²) in [6.07, 6.45) is 0. The number of para-hydroxylation sites is 3. The van der Waals surface area contributed by atoms with Crippen LogP contribution in [0.5, 0.6) is 0 Å². The lowest BCUT2D eigenvalue weighted by atomic mass is 10.1. The van der Waals surface area contributed by atoms with Crippen molar-refractivity contribution >= 4 is 72.4 Å². The lowest BCUT2D eigenvalue weighted by molar-refractivity contribution is 1.17. The summed E-state index contributed by atoms with van der Waals surface area (Å²) in [5.74, 6) is 0. The van der Waals surface area contributed by atoms with Crippen LogP contribution in [0.3, 0.4) is 0 Å². The van der Waals surface area contributed by atoms with Gasteiger partial charge in [0.1, 0.15) is 0 Å². The van der Waals surface area contributed by atoms with E-state index in [1.54, 1.807) is 0 Å². The van der Waals surface area contributed by atoms with Gasteiger partial charge in [-0.15, -0.1) is 0 Å². The zero-order valence-electron chi connectivity index (χ0n) is 66.4. The summed E-state index contributed by atoms with van der Waals surface area (Å²) in [7, 11) is -6.92. The maximum atomic E-state index is 10.5. The lowest BCUT2D eigenvalue weighted by Gasteiger charge is -2.35. The monoisotopic (exact) mass is 781 g/mol. The van der Waals surface area contributed by atoms with Crippen molar-refractivity contribution in [2.24, 2.45) is 0 Å². The van der Waals surface area contributed by atoms with Crippen molar-refractivity contribution in [3.8, 4) is 22.5 Å². The summed E-state index contributed by atoms with van der Waals surface area (Å²) in [4.78, 5) is 0. The molecule has 0 aliphatic rings. The van der Waals surface area contributed by atoms with E-state index in [9.17, 15) is 32.9 Å². The van der Waals surface area contributed by atoms with Crippen LogP contribution in [-0.4, -0.2) is 17.2 Å². The highest BCUT2D eigenvalue weighted by molar-refractivity contribution is 7.20. The van der Waals surface area contributed by atoms with Gasteiger partial charge in [0, 0.05) is 32.9 Å². The second-order valence-electron chi connectivity index (χ2n) is 12.0. The van der Waals surface area contributed by atoms with E-state index in [2.05, 4.69) is 0 Å². The van der Waals surface area contributed by atoms with Crippen LogP contribution in [0, 0.1) is 0 Å². The van der Waals surface area contributed by atoms with Crippen molar-refractivity contribution in [2.45, 2.75) is 0 Å². The van der Waals surface area contributed by atoms with Crippen molar-refractivity contribution in [1.29, 1.82) is 0 Å². The zero-order chi connectivity index (χ0) is 70.8. The van der Waals surface area contributed by atoms with Crippen LogP contribution in [0.1, 0.15) is 52.1 Å². The van der Waals surface area contributed by atoms with Crippen LogP contribution in [0.2, 0.25) is 0 Å². The normalized spacial score (nSPS) is 21.2. The van der Waals surface area contributed by atoms with Crippen LogP contribution in [0.25, 0.3) is 66.1 Å². The van der Waals surface area contributed by atoms with Gasteiger partial charge in [0.05, 0.1) is 74.2 Å². The largest absolute Gasteiger partial charge is 0.309 e. The molecule has 0 radical (unpaired) electrons. The van der Waals surface area contributed by atoms with Crippen molar-refractivity contribution in [3.05, 3.63) is 230 Å². The fraction of sp³-hybridized carbons (Fsp3) is 0. The number of hydrogen-bond acceptors (Lipinski definition) is 0. The van der Waals surface area contributed by atoms with Gasteiger partial charge in [-0.25, -0.2) is 0 Å². The highest BCUT2D eigenvalue weighted by Crippen LogP contribution is 2.37. The van der Waals surface area contributed by atoms with Crippen molar-refractivity contribution in [3.63, 3.8) is 0 Å². The molecule has 268 valence electrons. The maximum Gasteiger partial charge on any atom is 0.181 e. The molecule has 11 rings (SSSR count). The second kappa shape index (κ2) is 13.5. The van der Waals surface area contributed by atoms with E-state index in [1.165, 1.54) is 0 Å². The minimum atomic E-state index is -6.92. The summed E-state index contributed by atoms with van der Waals surface area (Å²) in [5, 5.41) is -8.87. The average molecular weight is 781 g/mol. The number of fused-ring (bicyclic) bond motifs is 6. The van der Waals surface area contributed by atoms with Crippen LogP contribution < -0.4 is 20.7 Å². The Labute approximate surface area is 386 Å². The molecule has 57 heavy (non-hydrogen) atoms. The quantitative estimate of drug-likeness (QED) is 0.113. The summed E-state index contributed by atoms with van der Waals surface area (Å²) in [6, 6.07) is -47.4. The molecule has 0 aliphatic carbocycles. The summed E-state index contributed by atoms with van der Waals surface area (Å²) in [6.45, 7) is 0. The van der Waals surface area contributed by atoms with Crippen molar-refractivity contribution in [1.82, 2.24) is 9.13 Å². The molecule has 2 aromatic heterocycles. The van der Waals surface area contributed by atoms with Gasteiger partial charge in [-0.05, 0) is 74.2 Å². The molecule has 2 heterocycles. The molecule has 0 fully saturated rings. The Morgan fingerprint density at radius 2 is 0.772 bits per heavy atom. The van der Waals surface area contributed by atoms with E-state index in [0.29, 0.717) is 9.13 Å². The molecule has 9 aromatic carbocycles. The Morgan fingerprint density at radius 3 is 1.37 bits per heavy atom. The van der Waals surface area contributed by atoms with Crippen molar-refractivity contribution in [2.75, 3.05) is 0 Å². The molecule has 0 saturated carbocycles. The third-order valence-corrected chi connectivity index (χ3v) is 13.3. The number of rotatable bonds is 7. The highest BCUT2D eigenvalue weighted by Gasteiger charge is 2.43. The first-order valence-electron chi connectivity index (χ1n) is 35.6. The van der Waals surface area contributed by atoms with Crippen LogP contribution in [0.15, 0.2) is 230 Å². The van der Waals surface area contributed by atoms with E-state index < -0.39 is 325 Å². The Hall–Kier alpha value is -7.20. The van der Waals surface area contributed by atoms with E-state index in [1.807, 2.05) is 0 Å². The summed E-state index contributed by atoms with van der Waals surface area (Å²) in [5.41, 5.74) is -8.47. The predicted molar refractivity (Wildman–Crippen MR) is 244 cm³/mol. The number of benzene rings is 9. The van der Waals surface area contributed by atoms with Gasteiger partial charge < -0.3 is 9.13 Å². The number of aromatic nitrogens is 2. The molecule has 0 aliphatic heterocycles. The average Bonchev–Trinajstić information content (AvgIpc) is 1.65. The third kappa shape index (κ3) is 5.17. The minimum Gasteiger partial charge on any atom is -0.309 e. The molecule has 0 N–H and O–H groups in total. The molecule has 0 unspecified atom stereocenters. The number of hydrogen-bond donors (Lipinski definition) is 0. The molecule has 0 bridgehead atoms. The topological polar surface area (TPSA) is 9.86 Å². The lowest BCUT2D eigenvalue weighted by Crippen LogP contribution is -2.75. The van der Waals surface area contributed by atoms with Gasteiger partial charge in [0.25, 0.3) is 0 Å². The number of nitrogens with zero attached hydrogens (tertiary/aromatic N) is 2. The molecular formula is C54H38N2Si. The Kier molecular flexibility index (Phi) is 2.94. The van der Waals surface area contributed by atoms with E-state index in [-0.39, 0.29) is 0 Å². The fourth-order valence-corrected chi connectivity index (χ4v) is 10.8. The first-order valence-corrected chi connectivity index (χ1v) is 18.6. The molecule has 0 spiro atoms. The second-order valence-corrected chi connectivity index (χ2v) is 15.5. The third-order valence-electron chi connectivity index (χ3n) is 9.17. The van der Waals surface area contributed by atoms with E-state index in [4.69, 9.17) is 19.2 Å². The molecule has 0 saturated heterocycles. The van der Waals surface area contributed by atoms with Gasteiger partial charge in [-0.2, -0.15) is 0 Å². The van der Waals surface area contributed by atoms with Gasteiger partial charge in [-0.3, -0.25) is 0 Å². The summed E-state index contributed by atoms with van der Waals surface area (Å²) >= 11 is 0. The molecule has 2 nitrogen and oxygen atoms in total. The van der Waals surface area contributed by atoms with Crippen molar-refractivity contribution < 1.29 is 52.1 Å². The van der Waals surface area contributed by atoms with Crippen LogP contribution >= 0.6 is 0 Å². The zero-order valence-corrected chi connectivity index (χ0v) is 29.4. The molecule has 0 atom stereocenters. The highest BCUT2D eigenvalue weighted by atomic mass is 28.3. The first kappa shape index (κ1) is 12.4. The molecule has 3 heteroatoms. The van der Waals surface area contributed by atoms with Gasteiger partial charge in [0.2, 0.25) is 0 Å². The SMILES string of the molecule is [2H]c1c([2H])c([2H])c(-c2c([2H])c([2H])c([2H])c(-n3c4c([2H])c([2H])c(-n5c6c([2H])c([2H])c([2H])c([2H])c6c6c([2H])c([2H])c([2H])c([2H])c65)c([2H])c4c4c([2H])c([2H])c([2H])c([Si](c5c([2H])c([2H])c([2H])c([2H])c5[2H])(c5c([2H])c([2H])c([2H])c([2H])c5[2H])c5c([2H])c([2H])c([2H])c([2H])c5[2H])c43)c2[2H])c([2H])c1[2H]. The predicted octanol–water partition coefficient (Wildman–Crippen LogP) is 10.9. The minimum absolute atomic E-state index is 0.393. The Bertz CT molecular complexity index is 5120.